The summed E-state index contributed by atoms with van der Waals surface area (Å²) < 4.78 is 5.97. The predicted molar refractivity (Wildman–Crippen MR) is 82.5 cm³/mol. The number of likely N-dealkylation sites (tertiary alicyclic amines) is 1. The van der Waals surface area contributed by atoms with E-state index in [9.17, 15) is 14.4 Å². The molecule has 23 heavy (non-hydrogen) atoms. The van der Waals surface area contributed by atoms with Crippen LogP contribution >= 0.6 is 15.9 Å². The van der Waals surface area contributed by atoms with Crippen molar-refractivity contribution >= 4 is 33.7 Å². The molecule has 5 atom stereocenters. The fraction of sp³-hybridized carbons (Fsp3) is 0.438. The summed E-state index contributed by atoms with van der Waals surface area (Å²) >= 11 is 3.20. The van der Waals surface area contributed by atoms with Crippen molar-refractivity contribution in [2.45, 2.75) is 18.9 Å². The number of carbonyl (C=O) groups is 3. The van der Waals surface area contributed by atoms with Crippen LogP contribution in [-0.2, 0) is 14.4 Å². The minimum absolute atomic E-state index is 0.129. The molecule has 2 aliphatic carbocycles. The number of nitrogens with zero attached hydrogens (tertiary/aromatic N) is 1. The lowest BCUT2D eigenvalue weighted by atomic mass is 9.85. The molecule has 1 aliphatic heterocycles. The van der Waals surface area contributed by atoms with E-state index in [0.717, 1.165) is 6.42 Å². The van der Waals surface area contributed by atoms with Gasteiger partial charge in [0.05, 0.1) is 18.3 Å². The Labute approximate surface area is 140 Å². The van der Waals surface area contributed by atoms with Gasteiger partial charge in [0.1, 0.15) is 11.8 Å². The highest BCUT2D eigenvalue weighted by molar-refractivity contribution is 9.10. The SMILES string of the molecule is NC(=O)CC(c1ccc(Br)o1)N1C(=O)C2C3C=CC(C3)C2C1=O. The van der Waals surface area contributed by atoms with Gasteiger partial charge in [-0.05, 0) is 46.3 Å². The fourth-order valence-corrected chi connectivity index (χ4v) is 4.57. The summed E-state index contributed by atoms with van der Waals surface area (Å²) in [4.78, 5) is 38.4. The van der Waals surface area contributed by atoms with E-state index in [1.165, 1.54) is 4.90 Å². The molecule has 120 valence electrons. The molecule has 3 amide bonds. The van der Waals surface area contributed by atoms with Crippen LogP contribution in [0.2, 0.25) is 0 Å². The summed E-state index contributed by atoms with van der Waals surface area (Å²) in [5, 5.41) is 0. The summed E-state index contributed by atoms with van der Waals surface area (Å²) in [5.74, 6) is -0.962. The number of nitrogens with two attached hydrogens (primary N) is 1. The van der Waals surface area contributed by atoms with Gasteiger partial charge in [0.25, 0.3) is 0 Å². The van der Waals surface area contributed by atoms with Gasteiger partial charge in [-0.2, -0.15) is 0 Å². The standard InChI is InChI=1S/C16H15BrN2O4/c17-11-4-3-10(23-11)9(6-12(18)20)19-15(21)13-7-1-2-8(5-7)14(13)16(19)22/h1-4,7-9,13-14H,5-6H2,(H2,18,20). The average Bonchev–Trinajstić information content (AvgIpc) is 3.22. The molecule has 2 bridgehead atoms. The molecule has 0 radical (unpaired) electrons. The van der Waals surface area contributed by atoms with Crippen molar-refractivity contribution in [2.75, 3.05) is 0 Å². The van der Waals surface area contributed by atoms with Crippen molar-refractivity contribution < 1.29 is 18.8 Å². The number of furan rings is 1. The van der Waals surface area contributed by atoms with Gasteiger partial charge in [-0.15, -0.1) is 0 Å². The van der Waals surface area contributed by atoms with Gasteiger partial charge in [-0.3, -0.25) is 19.3 Å². The number of allylic oxidation sites excluding steroid dienone is 2. The van der Waals surface area contributed by atoms with Crippen LogP contribution in [0.15, 0.2) is 33.4 Å². The number of hydrogen-bond donors (Lipinski definition) is 1. The Kier molecular flexibility index (Phi) is 3.23. The highest BCUT2D eigenvalue weighted by Crippen LogP contribution is 2.54. The summed E-state index contributed by atoms with van der Waals surface area (Å²) in [7, 11) is 0. The molecule has 4 rings (SSSR count). The third-order valence-electron chi connectivity index (χ3n) is 5.13. The van der Waals surface area contributed by atoms with E-state index in [1.807, 2.05) is 12.2 Å². The molecule has 1 aromatic rings. The molecule has 2 heterocycles. The number of imide groups is 1. The Morgan fingerprint density at radius 3 is 2.35 bits per heavy atom. The molecule has 1 saturated heterocycles. The first kappa shape index (κ1) is 14.7. The van der Waals surface area contributed by atoms with Crippen molar-refractivity contribution in [1.29, 1.82) is 0 Å². The number of halogens is 1. The molecule has 1 saturated carbocycles. The van der Waals surface area contributed by atoms with E-state index in [-0.39, 0.29) is 41.9 Å². The number of primary amides is 1. The predicted octanol–water partition coefficient (Wildman–Crippen LogP) is 1.77. The summed E-state index contributed by atoms with van der Waals surface area (Å²) in [6, 6.07) is 2.54. The van der Waals surface area contributed by atoms with Crippen LogP contribution in [0.4, 0.5) is 0 Å². The van der Waals surface area contributed by atoms with Crippen LogP contribution in [0.1, 0.15) is 24.6 Å². The lowest BCUT2D eigenvalue weighted by molar-refractivity contribution is -0.144. The van der Waals surface area contributed by atoms with Gasteiger partial charge >= 0.3 is 0 Å². The third kappa shape index (κ3) is 2.09. The zero-order valence-corrected chi connectivity index (χ0v) is 13.7. The number of amides is 3. The largest absolute Gasteiger partial charge is 0.452 e. The maximum absolute atomic E-state index is 12.9. The second-order valence-corrected chi connectivity index (χ2v) is 7.16. The molecule has 0 aromatic carbocycles. The molecule has 5 unspecified atom stereocenters. The van der Waals surface area contributed by atoms with E-state index >= 15 is 0 Å². The van der Waals surface area contributed by atoms with Crippen molar-refractivity contribution in [1.82, 2.24) is 4.90 Å². The first-order chi connectivity index (χ1) is 11.0. The van der Waals surface area contributed by atoms with E-state index in [2.05, 4.69) is 15.9 Å². The van der Waals surface area contributed by atoms with Gasteiger partial charge < -0.3 is 10.2 Å². The van der Waals surface area contributed by atoms with Crippen molar-refractivity contribution in [2.24, 2.45) is 29.4 Å². The molecule has 7 heteroatoms. The number of carbonyl (C=O) groups excluding carboxylic acids is 3. The number of rotatable bonds is 4. The molecular formula is C16H15BrN2O4. The van der Waals surface area contributed by atoms with Crippen LogP contribution in [0.5, 0.6) is 0 Å². The highest BCUT2D eigenvalue weighted by Gasteiger charge is 2.60. The number of hydrogen-bond acceptors (Lipinski definition) is 4. The van der Waals surface area contributed by atoms with E-state index in [0.29, 0.717) is 10.4 Å². The highest BCUT2D eigenvalue weighted by atomic mass is 79.9. The van der Waals surface area contributed by atoms with Gasteiger partial charge in [-0.1, -0.05) is 12.2 Å². The second kappa shape index (κ2) is 5.06. The van der Waals surface area contributed by atoms with E-state index in [4.69, 9.17) is 10.2 Å². The maximum atomic E-state index is 12.9. The monoisotopic (exact) mass is 378 g/mol. The molecule has 0 spiro atoms. The molecule has 6 nitrogen and oxygen atoms in total. The lowest BCUT2D eigenvalue weighted by Gasteiger charge is -2.25. The molecule has 1 aromatic heterocycles. The minimum atomic E-state index is -0.774. The fourth-order valence-electron chi connectivity index (χ4n) is 4.25. The Morgan fingerprint density at radius 1 is 1.26 bits per heavy atom. The minimum Gasteiger partial charge on any atom is -0.452 e. The number of fused-ring (bicyclic) bond motifs is 5. The summed E-state index contributed by atoms with van der Waals surface area (Å²) in [6.45, 7) is 0. The lowest BCUT2D eigenvalue weighted by Crippen LogP contribution is -2.38. The van der Waals surface area contributed by atoms with Crippen LogP contribution in [0.3, 0.4) is 0 Å². The van der Waals surface area contributed by atoms with Crippen LogP contribution in [-0.4, -0.2) is 22.6 Å². The first-order valence-corrected chi connectivity index (χ1v) is 8.35. The topological polar surface area (TPSA) is 93.6 Å². The van der Waals surface area contributed by atoms with Crippen LogP contribution < -0.4 is 5.73 Å². The third-order valence-corrected chi connectivity index (χ3v) is 5.56. The van der Waals surface area contributed by atoms with Gasteiger partial charge in [0.2, 0.25) is 17.7 Å². The van der Waals surface area contributed by atoms with Crippen molar-refractivity contribution in [3.63, 3.8) is 0 Å². The zero-order chi connectivity index (χ0) is 16.3. The van der Waals surface area contributed by atoms with Crippen molar-refractivity contribution in [3.8, 4) is 0 Å². The van der Waals surface area contributed by atoms with Gasteiger partial charge in [-0.25, -0.2) is 0 Å². The maximum Gasteiger partial charge on any atom is 0.234 e. The molecular weight excluding hydrogens is 364 g/mol. The summed E-state index contributed by atoms with van der Waals surface area (Å²) in [5.41, 5.74) is 5.32. The van der Waals surface area contributed by atoms with Crippen molar-refractivity contribution in [3.05, 3.63) is 34.7 Å². The van der Waals surface area contributed by atoms with Crippen LogP contribution in [0.25, 0.3) is 0 Å². The zero-order valence-electron chi connectivity index (χ0n) is 12.1. The van der Waals surface area contributed by atoms with E-state index in [1.54, 1.807) is 12.1 Å². The first-order valence-electron chi connectivity index (χ1n) is 7.56. The Bertz CT molecular complexity index is 710. The Hall–Kier alpha value is -1.89. The van der Waals surface area contributed by atoms with E-state index < -0.39 is 11.9 Å². The molecule has 2 fully saturated rings. The molecule has 3 aliphatic rings. The van der Waals surface area contributed by atoms with Gasteiger partial charge in [0.15, 0.2) is 4.67 Å². The molecule has 2 N–H and O–H groups in total. The normalized spacial score (nSPS) is 32.7. The second-order valence-electron chi connectivity index (χ2n) is 6.37. The Balaban J connectivity index is 1.71. The summed E-state index contributed by atoms with van der Waals surface area (Å²) in [6.07, 6.45) is 4.80. The van der Waals surface area contributed by atoms with Gasteiger partial charge in [0, 0.05) is 0 Å². The van der Waals surface area contributed by atoms with Crippen LogP contribution in [0, 0.1) is 23.7 Å². The quantitative estimate of drug-likeness (QED) is 0.637. The average molecular weight is 379 g/mol. The Morgan fingerprint density at radius 2 is 1.87 bits per heavy atom. The smallest absolute Gasteiger partial charge is 0.234 e.